The van der Waals surface area contributed by atoms with Crippen LogP contribution in [-0.4, -0.2) is 10.8 Å². The van der Waals surface area contributed by atoms with Gasteiger partial charge < -0.3 is 0 Å². The SMILES string of the molecule is Cc1cc(F)cc(C(=O)Cc2cccnc2)c1. The van der Waals surface area contributed by atoms with Crippen molar-refractivity contribution >= 4 is 5.78 Å². The lowest BCUT2D eigenvalue weighted by atomic mass is 10.0. The minimum atomic E-state index is -0.375. The lowest BCUT2D eigenvalue weighted by Gasteiger charge is -2.03. The van der Waals surface area contributed by atoms with Gasteiger partial charge in [0.25, 0.3) is 0 Å². The van der Waals surface area contributed by atoms with Gasteiger partial charge in [-0.3, -0.25) is 9.78 Å². The second-order valence-corrected chi connectivity index (χ2v) is 3.98. The minimum absolute atomic E-state index is 0.0967. The molecule has 3 heteroatoms. The molecule has 86 valence electrons. The zero-order valence-electron chi connectivity index (χ0n) is 9.48. The molecule has 1 aromatic carbocycles. The fraction of sp³-hybridized carbons (Fsp3) is 0.143. The number of Topliss-reactive ketones (excluding diaryl/α,β-unsaturated/α-hetero) is 1. The summed E-state index contributed by atoms with van der Waals surface area (Å²) >= 11 is 0. The van der Waals surface area contributed by atoms with E-state index in [9.17, 15) is 9.18 Å². The van der Waals surface area contributed by atoms with Crippen LogP contribution >= 0.6 is 0 Å². The summed E-state index contributed by atoms with van der Waals surface area (Å²) in [4.78, 5) is 15.9. The standard InChI is InChI=1S/C14H12FNO/c1-10-5-12(8-13(15)6-10)14(17)7-11-3-2-4-16-9-11/h2-6,8-9H,7H2,1H3. The third kappa shape index (κ3) is 2.97. The van der Waals surface area contributed by atoms with Gasteiger partial charge in [-0.25, -0.2) is 4.39 Å². The van der Waals surface area contributed by atoms with Gasteiger partial charge in [-0.2, -0.15) is 0 Å². The number of carbonyl (C=O) groups excluding carboxylic acids is 1. The fourth-order valence-corrected chi connectivity index (χ4v) is 1.69. The Hall–Kier alpha value is -2.03. The van der Waals surface area contributed by atoms with Crippen molar-refractivity contribution in [3.63, 3.8) is 0 Å². The number of rotatable bonds is 3. The summed E-state index contributed by atoms with van der Waals surface area (Å²) in [5.41, 5.74) is 1.99. The zero-order chi connectivity index (χ0) is 12.3. The number of aromatic nitrogens is 1. The largest absolute Gasteiger partial charge is 0.294 e. The minimum Gasteiger partial charge on any atom is -0.294 e. The number of halogens is 1. The quantitative estimate of drug-likeness (QED) is 0.757. The number of hydrogen-bond acceptors (Lipinski definition) is 2. The van der Waals surface area contributed by atoms with E-state index in [1.807, 2.05) is 6.07 Å². The number of ketones is 1. The smallest absolute Gasteiger partial charge is 0.167 e. The zero-order valence-corrected chi connectivity index (χ0v) is 9.48. The van der Waals surface area contributed by atoms with Crippen LogP contribution in [-0.2, 0) is 6.42 Å². The van der Waals surface area contributed by atoms with Crippen molar-refractivity contribution < 1.29 is 9.18 Å². The van der Waals surface area contributed by atoms with Gasteiger partial charge in [-0.1, -0.05) is 6.07 Å². The Morgan fingerprint density at radius 3 is 2.82 bits per heavy atom. The number of aryl methyl sites for hydroxylation is 1. The monoisotopic (exact) mass is 229 g/mol. The Bertz CT molecular complexity index is 517. The number of nitrogens with zero attached hydrogens (tertiary/aromatic N) is 1. The number of carbonyl (C=O) groups is 1. The van der Waals surface area contributed by atoms with Gasteiger partial charge in [0.1, 0.15) is 5.82 Å². The normalized spacial score (nSPS) is 10.2. The molecule has 17 heavy (non-hydrogen) atoms. The molecule has 0 radical (unpaired) electrons. The highest BCUT2D eigenvalue weighted by atomic mass is 19.1. The summed E-state index contributed by atoms with van der Waals surface area (Å²) in [6, 6.07) is 7.98. The highest BCUT2D eigenvalue weighted by Crippen LogP contribution is 2.11. The number of pyridine rings is 1. The molecule has 1 aromatic heterocycles. The topological polar surface area (TPSA) is 30.0 Å². The van der Waals surface area contributed by atoms with E-state index >= 15 is 0 Å². The van der Waals surface area contributed by atoms with E-state index in [1.165, 1.54) is 12.1 Å². The van der Waals surface area contributed by atoms with Crippen LogP contribution < -0.4 is 0 Å². The van der Waals surface area contributed by atoms with Gasteiger partial charge in [0.2, 0.25) is 0 Å². The molecule has 2 aromatic rings. The summed E-state index contributed by atoms with van der Waals surface area (Å²) < 4.78 is 13.2. The van der Waals surface area contributed by atoms with E-state index in [4.69, 9.17) is 0 Å². The first kappa shape index (κ1) is 11.5. The Balaban J connectivity index is 2.20. The first-order valence-corrected chi connectivity index (χ1v) is 5.34. The Kier molecular flexibility index (Phi) is 3.28. The highest BCUT2D eigenvalue weighted by Gasteiger charge is 2.08. The molecule has 0 amide bonds. The molecular formula is C14H12FNO. The molecule has 0 aliphatic rings. The lowest BCUT2D eigenvalue weighted by Crippen LogP contribution is -2.04. The van der Waals surface area contributed by atoms with Crippen molar-refractivity contribution in [1.82, 2.24) is 4.98 Å². The van der Waals surface area contributed by atoms with Gasteiger partial charge in [0.05, 0.1) is 0 Å². The second-order valence-electron chi connectivity index (χ2n) is 3.98. The molecule has 0 unspecified atom stereocenters. The molecule has 0 N–H and O–H groups in total. The Morgan fingerprint density at radius 2 is 2.18 bits per heavy atom. The summed E-state index contributed by atoms with van der Waals surface area (Å²) in [6.45, 7) is 1.77. The maximum Gasteiger partial charge on any atom is 0.167 e. The summed E-state index contributed by atoms with van der Waals surface area (Å²) in [6.07, 6.45) is 3.54. The maximum atomic E-state index is 13.2. The molecule has 0 bridgehead atoms. The molecule has 0 fully saturated rings. The molecule has 0 aliphatic carbocycles. The van der Waals surface area contributed by atoms with Gasteiger partial charge in [-0.15, -0.1) is 0 Å². The van der Waals surface area contributed by atoms with Crippen LogP contribution in [0.1, 0.15) is 21.5 Å². The van der Waals surface area contributed by atoms with Crippen LogP contribution in [0.15, 0.2) is 42.7 Å². The molecule has 0 spiro atoms. The molecule has 0 saturated heterocycles. The van der Waals surface area contributed by atoms with Crippen LogP contribution in [0.3, 0.4) is 0 Å². The van der Waals surface area contributed by atoms with Crippen molar-refractivity contribution in [2.75, 3.05) is 0 Å². The van der Waals surface area contributed by atoms with Crippen molar-refractivity contribution in [3.8, 4) is 0 Å². The summed E-state index contributed by atoms with van der Waals surface area (Å²) in [5, 5.41) is 0. The first-order chi connectivity index (χ1) is 8.15. The second kappa shape index (κ2) is 4.87. The number of benzene rings is 1. The Labute approximate surface area is 99.1 Å². The van der Waals surface area contributed by atoms with Crippen molar-refractivity contribution in [2.24, 2.45) is 0 Å². The average molecular weight is 229 g/mol. The third-order valence-corrected chi connectivity index (χ3v) is 2.45. The molecule has 1 heterocycles. The predicted molar refractivity (Wildman–Crippen MR) is 63.4 cm³/mol. The van der Waals surface area contributed by atoms with Crippen molar-refractivity contribution in [1.29, 1.82) is 0 Å². The molecule has 0 aliphatic heterocycles. The number of hydrogen-bond donors (Lipinski definition) is 0. The van der Waals surface area contributed by atoms with E-state index in [-0.39, 0.29) is 18.0 Å². The van der Waals surface area contributed by atoms with E-state index in [2.05, 4.69) is 4.98 Å². The molecule has 2 rings (SSSR count). The predicted octanol–water partition coefficient (Wildman–Crippen LogP) is 2.95. The maximum absolute atomic E-state index is 13.2. The van der Waals surface area contributed by atoms with Crippen molar-refractivity contribution in [2.45, 2.75) is 13.3 Å². The van der Waals surface area contributed by atoms with Gasteiger partial charge in [0.15, 0.2) is 5.78 Å². The van der Waals surface area contributed by atoms with E-state index in [1.54, 1.807) is 31.5 Å². The highest BCUT2D eigenvalue weighted by molar-refractivity contribution is 5.97. The third-order valence-electron chi connectivity index (χ3n) is 2.45. The fourth-order valence-electron chi connectivity index (χ4n) is 1.69. The van der Waals surface area contributed by atoms with E-state index in [0.717, 1.165) is 11.1 Å². The van der Waals surface area contributed by atoms with Crippen LogP contribution in [0.2, 0.25) is 0 Å². The Morgan fingerprint density at radius 1 is 1.35 bits per heavy atom. The van der Waals surface area contributed by atoms with Crippen LogP contribution in [0.4, 0.5) is 4.39 Å². The van der Waals surface area contributed by atoms with Gasteiger partial charge in [-0.05, 0) is 42.3 Å². The lowest BCUT2D eigenvalue weighted by molar-refractivity contribution is 0.0992. The molecule has 2 nitrogen and oxygen atoms in total. The average Bonchev–Trinajstić information content (AvgIpc) is 2.29. The van der Waals surface area contributed by atoms with Crippen LogP contribution in [0.5, 0.6) is 0 Å². The van der Waals surface area contributed by atoms with Crippen molar-refractivity contribution in [3.05, 3.63) is 65.2 Å². The van der Waals surface area contributed by atoms with Crippen LogP contribution in [0.25, 0.3) is 0 Å². The first-order valence-electron chi connectivity index (χ1n) is 5.34. The van der Waals surface area contributed by atoms with Gasteiger partial charge in [0, 0.05) is 24.4 Å². The molecule has 0 saturated carbocycles. The molecular weight excluding hydrogens is 217 g/mol. The van der Waals surface area contributed by atoms with E-state index < -0.39 is 0 Å². The van der Waals surface area contributed by atoms with E-state index in [0.29, 0.717) is 5.56 Å². The molecule has 0 atom stereocenters. The van der Waals surface area contributed by atoms with Crippen LogP contribution in [0, 0.1) is 12.7 Å². The van der Waals surface area contributed by atoms with Gasteiger partial charge >= 0.3 is 0 Å². The summed E-state index contributed by atoms with van der Waals surface area (Å²) in [7, 11) is 0. The summed E-state index contributed by atoms with van der Waals surface area (Å²) in [5.74, 6) is -0.472.